The highest BCUT2D eigenvalue weighted by Crippen LogP contribution is 2.20. The molecule has 1 amide bonds. The fourth-order valence-corrected chi connectivity index (χ4v) is 2.60. The van der Waals surface area contributed by atoms with E-state index in [1.165, 1.54) is 4.90 Å². The summed E-state index contributed by atoms with van der Waals surface area (Å²) in [5.41, 5.74) is 0.879. The van der Waals surface area contributed by atoms with E-state index in [0.717, 1.165) is 30.8 Å². The summed E-state index contributed by atoms with van der Waals surface area (Å²) >= 11 is 1.80. The first-order chi connectivity index (χ1) is 8.29. The molecular weight excluding hydrogens is 232 g/mol. The zero-order valence-electron chi connectivity index (χ0n) is 10.0. The van der Waals surface area contributed by atoms with Gasteiger partial charge in [-0.1, -0.05) is 6.92 Å². The van der Waals surface area contributed by atoms with Crippen LogP contribution in [-0.4, -0.2) is 24.2 Å². The van der Waals surface area contributed by atoms with Crippen LogP contribution in [0, 0.1) is 0 Å². The van der Waals surface area contributed by atoms with E-state index in [1.807, 2.05) is 24.3 Å². The monoisotopic (exact) mass is 250 g/mol. The van der Waals surface area contributed by atoms with Gasteiger partial charge in [0.05, 0.1) is 6.04 Å². The Balaban J connectivity index is 1.91. The van der Waals surface area contributed by atoms with Crippen LogP contribution in [0.3, 0.4) is 0 Å². The van der Waals surface area contributed by atoms with Crippen LogP contribution in [0.4, 0.5) is 5.69 Å². The Labute approximate surface area is 106 Å². The molecule has 3 nitrogen and oxygen atoms in total. The van der Waals surface area contributed by atoms with E-state index in [4.69, 9.17) is 0 Å². The van der Waals surface area contributed by atoms with Gasteiger partial charge < -0.3 is 10.6 Å². The predicted octanol–water partition coefficient (Wildman–Crippen LogP) is 2.49. The van der Waals surface area contributed by atoms with Gasteiger partial charge in [0.1, 0.15) is 0 Å². The summed E-state index contributed by atoms with van der Waals surface area (Å²) in [7, 11) is 0. The van der Waals surface area contributed by atoms with Gasteiger partial charge in [-0.15, -0.1) is 11.8 Å². The van der Waals surface area contributed by atoms with Crippen molar-refractivity contribution in [3.8, 4) is 0 Å². The molecule has 1 saturated heterocycles. The first-order valence-electron chi connectivity index (χ1n) is 6.06. The molecule has 0 spiro atoms. The summed E-state index contributed by atoms with van der Waals surface area (Å²) < 4.78 is 0. The third-order valence-corrected chi connectivity index (χ3v) is 3.70. The zero-order chi connectivity index (χ0) is 12.1. The molecule has 1 unspecified atom stereocenters. The quantitative estimate of drug-likeness (QED) is 0.807. The summed E-state index contributed by atoms with van der Waals surface area (Å²) in [4.78, 5) is 13.1. The molecule has 0 radical (unpaired) electrons. The van der Waals surface area contributed by atoms with Crippen molar-refractivity contribution in [2.75, 3.05) is 17.6 Å². The molecule has 0 bridgehead atoms. The van der Waals surface area contributed by atoms with Crippen LogP contribution >= 0.6 is 11.8 Å². The molecule has 2 rings (SSSR count). The van der Waals surface area contributed by atoms with Gasteiger partial charge in [-0.05, 0) is 49.4 Å². The highest BCUT2D eigenvalue weighted by Gasteiger charge is 2.21. The number of thioether (sulfide) groups is 1. The molecule has 1 aromatic carbocycles. The minimum Gasteiger partial charge on any atom is -0.325 e. The number of nitrogens with one attached hydrogen (secondary N) is 2. The van der Waals surface area contributed by atoms with Crippen molar-refractivity contribution < 1.29 is 4.79 Å². The lowest BCUT2D eigenvalue weighted by Gasteiger charge is -2.11. The Morgan fingerprint density at radius 3 is 2.82 bits per heavy atom. The number of hydrogen-bond donors (Lipinski definition) is 2. The van der Waals surface area contributed by atoms with Crippen LogP contribution in [0.2, 0.25) is 0 Å². The Morgan fingerprint density at radius 1 is 1.47 bits per heavy atom. The highest BCUT2D eigenvalue weighted by atomic mass is 32.2. The minimum atomic E-state index is -0.0142. The van der Waals surface area contributed by atoms with E-state index >= 15 is 0 Å². The van der Waals surface area contributed by atoms with Crippen LogP contribution < -0.4 is 10.6 Å². The average molecular weight is 250 g/mol. The topological polar surface area (TPSA) is 41.1 Å². The van der Waals surface area contributed by atoms with Crippen molar-refractivity contribution in [1.82, 2.24) is 5.32 Å². The van der Waals surface area contributed by atoms with E-state index in [1.54, 1.807) is 11.8 Å². The second-order valence-corrected chi connectivity index (χ2v) is 5.43. The van der Waals surface area contributed by atoms with Crippen molar-refractivity contribution in [3.63, 3.8) is 0 Å². The highest BCUT2D eigenvalue weighted by molar-refractivity contribution is 7.99. The number of benzene rings is 1. The predicted molar refractivity (Wildman–Crippen MR) is 72.5 cm³/mol. The van der Waals surface area contributed by atoms with Crippen LogP contribution in [0.15, 0.2) is 29.2 Å². The fourth-order valence-electron chi connectivity index (χ4n) is 1.94. The third-order valence-electron chi connectivity index (χ3n) is 2.81. The van der Waals surface area contributed by atoms with Crippen LogP contribution in [0.1, 0.15) is 19.8 Å². The molecule has 1 aromatic rings. The van der Waals surface area contributed by atoms with Gasteiger partial charge in [-0.25, -0.2) is 0 Å². The van der Waals surface area contributed by atoms with Gasteiger partial charge in [0.2, 0.25) is 5.91 Å². The van der Waals surface area contributed by atoms with Crippen LogP contribution in [-0.2, 0) is 4.79 Å². The molecule has 1 fully saturated rings. The molecule has 1 aliphatic heterocycles. The maximum absolute atomic E-state index is 11.8. The second kappa shape index (κ2) is 6.07. The standard InChI is InChI=1S/C13H18N2OS/c1-2-17-11-7-5-10(6-8-11)15-13(16)12-4-3-9-14-12/h5-8,12,14H,2-4,9H2,1H3,(H,15,16). The Hall–Kier alpha value is -1.00. The summed E-state index contributed by atoms with van der Waals surface area (Å²) in [6.45, 7) is 3.08. The molecular formula is C13H18N2OS. The summed E-state index contributed by atoms with van der Waals surface area (Å²) in [5, 5.41) is 6.13. The molecule has 4 heteroatoms. The number of anilines is 1. The molecule has 1 heterocycles. The van der Waals surface area contributed by atoms with Crippen molar-refractivity contribution in [3.05, 3.63) is 24.3 Å². The van der Waals surface area contributed by atoms with Crippen molar-refractivity contribution in [2.45, 2.75) is 30.7 Å². The number of amides is 1. The Morgan fingerprint density at radius 2 is 2.24 bits per heavy atom. The number of carbonyl (C=O) groups excluding carboxylic acids is 1. The van der Waals surface area contributed by atoms with E-state index in [0.29, 0.717) is 0 Å². The summed E-state index contributed by atoms with van der Waals surface area (Å²) in [6, 6.07) is 8.01. The molecule has 0 saturated carbocycles. The molecule has 0 aliphatic carbocycles. The van der Waals surface area contributed by atoms with E-state index < -0.39 is 0 Å². The summed E-state index contributed by atoms with van der Waals surface area (Å²) in [6.07, 6.45) is 2.03. The summed E-state index contributed by atoms with van der Waals surface area (Å²) in [5.74, 6) is 1.15. The SMILES string of the molecule is CCSc1ccc(NC(=O)C2CCCN2)cc1. The van der Waals surface area contributed by atoms with Crippen LogP contribution in [0.5, 0.6) is 0 Å². The van der Waals surface area contributed by atoms with E-state index in [2.05, 4.69) is 17.6 Å². The molecule has 1 aliphatic rings. The third kappa shape index (κ3) is 3.48. The molecule has 2 N–H and O–H groups in total. The molecule has 1 atom stereocenters. The number of rotatable bonds is 4. The maximum atomic E-state index is 11.8. The molecule has 17 heavy (non-hydrogen) atoms. The average Bonchev–Trinajstić information content (AvgIpc) is 2.86. The van der Waals surface area contributed by atoms with Gasteiger partial charge in [-0.3, -0.25) is 4.79 Å². The van der Waals surface area contributed by atoms with Crippen molar-refractivity contribution in [1.29, 1.82) is 0 Å². The Bertz CT molecular complexity index is 372. The van der Waals surface area contributed by atoms with Gasteiger partial charge >= 0.3 is 0 Å². The lowest BCUT2D eigenvalue weighted by atomic mass is 10.2. The van der Waals surface area contributed by atoms with Crippen molar-refractivity contribution in [2.24, 2.45) is 0 Å². The minimum absolute atomic E-state index is 0.0142. The van der Waals surface area contributed by atoms with E-state index in [-0.39, 0.29) is 11.9 Å². The lowest BCUT2D eigenvalue weighted by molar-refractivity contribution is -0.117. The second-order valence-electron chi connectivity index (χ2n) is 4.10. The molecule has 0 aromatic heterocycles. The van der Waals surface area contributed by atoms with Gasteiger partial charge in [0.15, 0.2) is 0 Å². The number of carbonyl (C=O) groups is 1. The fraction of sp³-hybridized carbons (Fsp3) is 0.462. The zero-order valence-corrected chi connectivity index (χ0v) is 10.8. The smallest absolute Gasteiger partial charge is 0.241 e. The van der Waals surface area contributed by atoms with Crippen molar-refractivity contribution >= 4 is 23.4 Å². The lowest BCUT2D eigenvalue weighted by Crippen LogP contribution is -2.35. The first-order valence-corrected chi connectivity index (χ1v) is 7.05. The van der Waals surface area contributed by atoms with Gasteiger partial charge in [0.25, 0.3) is 0 Å². The normalized spacial score (nSPS) is 19.2. The largest absolute Gasteiger partial charge is 0.325 e. The molecule has 92 valence electrons. The Kier molecular flexibility index (Phi) is 4.45. The van der Waals surface area contributed by atoms with Crippen LogP contribution in [0.25, 0.3) is 0 Å². The van der Waals surface area contributed by atoms with Gasteiger partial charge in [-0.2, -0.15) is 0 Å². The first kappa shape index (κ1) is 12.5. The maximum Gasteiger partial charge on any atom is 0.241 e. The van der Waals surface area contributed by atoms with Gasteiger partial charge in [0, 0.05) is 10.6 Å². The van der Waals surface area contributed by atoms with E-state index in [9.17, 15) is 4.79 Å². The number of hydrogen-bond acceptors (Lipinski definition) is 3.